The van der Waals surface area contributed by atoms with Crippen molar-refractivity contribution in [3.8, 4) is 0 Å². The summed E-state index contributed by atoms with van der Waals surface area (Å²) in [5.74, 6) is 1.07. The van der Waals surface area contributed by atoms with Crippen molar-refractivity contribution in [3.05, 3.63) is 60.4 Å². The maximum atomic E-state index is 11.9. The van der Waals surface area contributed by atoms with Gasteiger partial charge in [0.15, 0.2) is 5.88 Å². The summed E-state index contributed by atoms with van der Waals surface area (Å²) in [5, 5.41) is 9.28. The van der Waals surface area contributed by atoms with Crippen molar-refractivity contribution >= 4 is 34.5 Å². The van der Waals surface area contributed by atoms with Crippen molar-refractivity contribution in [1.29, 1.82) is 0 Å². The number of carbonyl (C=O) groups is 1. The number of hydrazone groups is 1. The number of carbonyl (C=O) groups excluding carboxylic acids is 1. The first-order valence-electron chi connectivity index (χ1n) is 7.93. The number of nitrogens with zero attached hydrogens (tertiary/aromatic N) is 2. The highest BCUT2D eigenvalue weighted by Gasteiger charge is 2.03. The summed E-state index contributed by atoms with van der Waals surface area (Å²) in [4.78, 5) is 13.7. The van der Waals surface area contributed by atoms with Crippen molar-refractivity contribution in [2.45, 2.75) is 0 Å². The lowest BCUT2D eigenvalue weighted by molar-refractivity contribution is -0.119. The number of hydrogen-bond donors (Lipinski definition) is 2. The number of fused-ring (bicyclic) bond motifs is 1. The topological polar surface area (TPSA) is 69.9 Å². The Hall–Kier alpha value is -3.28. The first kappa shape index (κ1) is 16.6. The average molecular weight is 336 g/mol. The maximum absolute atomic E-state index is 11.9. The van der Waals surface area contributed by atoms with Crippen LogP contribution in [0.1, 0.15) is 5.76 Å². The smallest absolute Gasteiger partial charge is 0.259 e. The van der Waals surface area contributed by atoms with Crippen LogP contribution in [0.5, 0.6) is 0 Å². The summed E-state index contributed by atoms with van der Waals surface area (Å²) >= 11 is 0. The lowest BCUT2D eigenvalue weighted by atomic mass is 10.1. The van der Waals surface area contributed by atoms with E-state index < -0.39 is 0 Å². The molecule has 3 rings (SSSR count). The molecule has 1 heterocycles. The monoisotopic (exact) mass is 336 g/mol. The van der Waals surface area contributed by atoms with Gasteiger partial charge in [0.25, 0.3) is 5.91 Å². The van der Waals surface area contributed by atoms with Crippen molar-refractivity contribution in [2.24, 2.45) is 5.10 Å². The number of amides is 1. The van der Waals surface area contributed by atoms with Gasteiger partial charge in [-0.2, -0.15) is 5.10 Å². The summed E-state index contributed by atoms with van der Waals surface area (Å²) in [5.41, 5.74) is 3.36. The SMILES string of the molecule is CN(C)c1ccc(C=NNC(=O)CNc2ccc3ccccc3c2)o1. The Morgan fingerprint density at radius 2 is 1.92 bits per heavy atom. The third kappa shape index (κ3) is 4.38. The summed E-state index contributed by atoms with van der Waals surface area (Å²) in [7, 11) is 3.78. The highest BCUT2D eigenvalue weighted by atomic mass is 16.4. The molecule has 6 nitrogen and oxygen atoms in total. The van der Waals surface area contributed by atoms with Crippen LogP contribution in [0.15, 0.2) is 64.1 Å². The van der Waals surface area contributed by atoms with E-state index in [0.717, 1.165) is 22.3 Å². The van der Waals surface area contributed by atoms with Crippen LogP contribution in [0.3, 0.4) is 0 Å². The molecule has 0 unspecified atom stereocenters. The zero-order valence-corrected chi connectivity index (χ0v) is 14.2. The van der Waals surface area contributed by atoms with Crippen molar-refractivity contribution in [1.82, 2.24) is 5.43 Å². The predicted octanol–water partition coefficient (Wildman–Crippen LogP) is 3.06. The summed E-state index contributed by atoms with van der Waals surface area (Å²) < 4.78 is 5.51. The molecule has 3 aromatic rings. The maximum Gasteiger partial charge on any atom is 0.259 e. The van der Waals surface area contributed by atoms with Crippen molar-refractivity contribution < 1.29 is 9.21 Å². The molecule has 0 atom stereocenters. The van der Waals surface area contributed by atoms with Crippen LogP contribution in [-0.4, -0.2) is 32.8 Å². The van der Waals surface area contributed by atoms with Crippen LogP contribution in [0.25, 0.3) is 10.8 Å². The van der Waals surface area contributed by atoms with Crippen molar-refractivity contribution in [2.75, 3.05) is 30.9 Å². The van der Waals surface area contributed by atoms with Crippen LogP contribution in [-0.2, 0) is 4.79 Å². The van der Waals surface area contributed by atoms with Gasteiger partial charge in [-0.25, -0.2) is 5.43 Å². The lowest BCUT2D eigenvalue weighted by Gasteiger charge is -2.06. The second kappa shape index (κ2) is 7.53. The fourth-order valence-corrected chi connectivity index (χ4v) is 2.34. The van der Waals surface area contributed by atoms with E-state index in [1.54, 1.807) is 6.07 Å². The van der Waals surface area contributed by atoms with Crippen LogP contribution in [0, 0.1) is 0 Å². The molecule has 2 N–H and O–H groups in total. The molecule has 0 spiro atoms. The molecule has 1 aromatic heterocycles. The van der Waals surface area contributed by atoms with Gasteiger partial charge >= 0.3 is 0 Å². The molecule has 0 radical (unpaired) electrons. The van der Waals surface area contributed by atoms with Crippen LogP contribution in [0.2, 0.25) is 0 Å². The number of anilines is 2. The summed E-state index contributed by atoms with van der Waals surface area (Å²) in [6.07, 6.45) is 1.47. The van der Waals surface area contributed by atoms with Gasteiger partial charge in [0.05, 0.1) is 12.8 Å². The number of furan rings is 1. The Balaban J connectivity index is 1.50. The lowest BCUT2D eigenvalue weighted by Crippen LogP contribution is -2.25. The van der Waals surface area contributed by atoms with Gasteiger partial charge in [-0.1, -0.05) is 30.3 Å². The molecule has 0 aliphatic carbocycles. The van der Waals surface area contributed by atoms with Gasteiger partial charge < -0.3 is 14.6 Å². The van der Waals surface area contributed by atoms with E-state index >= 15 is 0 Å². The number of hydrogen-bond acceptors (Lipinski definition) is 5. The van der Waals surface area contributed by atoms with E-state index in [-0.39, 0.29) is 12.5 Å². The Bertz CT molecular complexity index is 899. The number of nitrogens with one attached hydrogen (secondary N) is 2. The van der Waals surface area contributed by atoms with Gasteiger partial charge in [0, 0.05) is 25.8 Å². The molecule has 0 bridgehead atoms. The van der Waals surface area contributed by atoms with Crippen LogP contribution < -0.4 is 15.6 Å². The molecule has 2 aromatic carbocycles. The third-order valence-electron chi connectivity index (χ3n) is 3.64. The average Bonchev–Trinajstić information content (AvgIpc) is 3.09. The quantitative estimate of drug-likeness (QED) is 0.536. The van der Waals surface area contributed by atoms with E-state index in [2.05, 4.69) is 21.9 Å². The minimum Gasteiger partial charge on any atom is -0.440 e. The van der Waals surface area contributed by atoms with Crippen LogP contribution >= 0.6 is 0 Å². The van der Waals surface area contributed by atoms with E-state index in [1.807, 2.05) is 61.5 Å². The minimum atomic E-state index is -0.233. The van der Waals surface area contributed by atoms with E-state index in [9.17, 15) is 4.79 Å². The molecule has 6 heteroatoms. The summed E-state index contributed by atoms with van der Waals surface area (Å²) in [6.45, 7) is 0.136. The Labute approximate surface area is 146 Å². The molecule has 0 saturated carbocycles. The summed E-state index contributed by atoms with van der Waals surface area (Å²) in [6, 6.07) is 17.7. The molecule has 1 amide bonds. The number of benzene rings is 2. The first-order chi connectivity index (χ1) is 12.1. The van der Waals surface area contributed by atoms with E-state index in [0.29, 0.717) is 5.76 Å². The molecule has 0 aliphatic rings. The zero-order valence-electron chi connectivity index (χ0n) is 14.2. The molecular formula is C19H20N4O2. The highest BCUT2D eigenvalue weighted by Crippen LogP contribution is 2.18. The first-order valence-corrected chi connectivity index (χ1v) is 7.93. The predicted molar refractivity (Wildman–Crippen MR) is 101 cm³/mol. The van der Waals surface area contributed by atoms with Crippen molar-refractivity contribution in [3.63, 3.8) is 0 Å². The molecule has 128 valence electrons. The van der Waals surface area contributed by atoms with E-state index in [4.69, 9.17) is 4.42 Å². The molecule has 25 heavy (non-hydrogen) atoms. The standard InChI is InChI=1S/C19H20N4O2/c1-23(2)19-10-9-17(25-19)12-21-22-18(24)13-20-16-8-7-14-5-3-4-6-15(14)11-16/h3-12,20H,13H2,1-2H3,(H,22,24). The van der Waals surface area contributed by atoms with Crippen LogP contribution in [0.4, 0.5) is 11.6 Å². The fourth-order valence-electron chi connectivity index (χ4n) is 2.34. The second-order valence-electron chi connectivity index (χ2n) is 5.78. The fraction of sp³-hybridized carbons (Fsp3) is 0.158. The molecular weight excluding hydrogens is 316 g/mol. The largest absolute Gasteiger partial charge is 0.440 e. The van der Waals surface area contributed by atoms with Gasteiger partial charge in [0.1, 0.15) is 5.76 Å². The van der Waals surface area contributed by atoms with Gasteiger partial charge in [-0.3, -0.25) is 4.79 Å². The Morgan fingerprint density at radius 3 is 2.68 bits per heavy atom. The molecule has 0 aliphatic heterocycles. The zero-order chi connectivity index (χ0) is 17.6. The normalized spacial score (nSPS) is 11.0. The molecule has 0 saturated heterocycles. The number of rotatable bonds is 6. The van der Waals surface area contributed by atoms with Gasteiger partial charge in [-0.15, -0.1) is 0 Å². The van der Waals surface area contributed by atoms with E-state index in [1.165, 1.54) is 6.21 Å². The molecule has 0 fully saturated rings. The third-order valence-corrected chi connectivity index (χ3v) is 3.64. The minimum absolute atomic E-state index is 0.136. The van der Waals surface area contributed by atoms with Gasteiger partial charge in [-0.05, 0) is 29.0 Å². The Kier molecular flexibility index (Phi) is 4.99. The van der Waals surface area contributed by atoms with Gasteiger partial charge in [0.2, 0.25) is 0 Å². The second-order valence-corrected chi connectivity index (χ2v) is 5.78. The highest BCUT2D eigenvalue weighted by molar-refractivity contribution is 5.87. The Morgan fingerprint density at radius 1 is 1.12 bits per heavy atom.